The third-order valence-corrected chi connectivity index (χ3v) is 6.31. The minimum absolute atomic E-state index is 0.0945. The standard InChI is InChI=1S/C13H11N2O3.C5H11NO2.Sn/c16-9-10-6-7-13(15(17)18)12(8-10)14-11-4-2-1-3-5-11;1-5(2,3)8-4(6)7;/h1-8,16H,9H2;1-3H3,(H2,6,7);/q-1;;+2/p-1. The topological polar surface area (TPSA) is 105 Å². The van der Waals surface area contributed by atoms with E-state index in [-0.39, 0.29) is 12.3 Å². The maximum absolute atomic E-state index is 12.1. The van der Waals surface area contributed by atoms with Crippen molar-refractivity contribution in [2.75, 3.05) is 3.12 Å². The first-order chi connectivity index (χ1) is 12.7. The molecule has 2 rings (SSSR count). The third-order valence-electron chi connectivity index (χ3n) is 3.34. The quantitative estimate of drug-likeness (QED) is 0.375. The number of aliphatic hydroxyl groups is 1. The molecule has 0 heterocycles. The summed E-state index contributed by atoms with van der Waals surface area (Å²) in [4.78, 5) is 23.1. The summed E-state index contributed by atoms with van der Waals surface area (Å²) in [5.41, 5.74) is 0.874. The molecule has 1 amide bonds. The summed E-state index contributed by atoms with van der Waals surface area (Å²) in [6.45, 7) is 5.06. The molecule has 0 aliphatic carbocycles. The van der Waals surface area contributed by atoms with Crippen molar-refractivity contribution in [3.05, 3.63) is 64.2 Å². The van der Waals surface area contributed by atoms with Crippen molar-refractivity contribution in [3.8, 4) is 0 Å². The SMILES string of the molecule is CC(C)(C)OC(=O)[NH][Sn][N](c1ccccc1)c1cc(CO)ccc1[N+](=O)[O-]. The molecule has 0 aromatic heterocycles. The van der Waals surface area contributed by atoms with Gasteiger partial charge in [-0.25, -0.2) is 0 Å². The first kappa shape index (κ1) is 21.0. The minimum atomic E-state index is -1.88. The number of nitro benzene ring substituents is 1. The van der Waals surface area contributed by atoms with E-state index in [4.69, 9.17) is 4.74 Å². The number of nitrogens with one attached hydrogen (secondary N) is 1. The molecule has 0 bridgehead atoms. The van der Waals surface area contributed by atoms with Crippen LogP contribution in [0, 0.1) is 10.1 Å². The molecule has 0 fully saturated rings. The zero-order chi connectivity index (χ0) is 20.0. The zero-order valence-corrected chi connectivity index (χ0v) is 18.2. The number of hydrogen-bond donors (Lipinski definition) is 2. The summed E-state index contributed by atoms with van der Waals surface area (Å²) in [5.74, 6) is 0. The molecule has 2 aromatic carbocycles. The van der Waals surface area contributed by atoms with Gasteiger partial charge in [0.25, 0.3) is 0 Å². The van der Waals surface area contributed by atoms with Gasteiger partial charge in [0.05, 0.1) is 0 Å². The Bertz CT molecular complexity index is 808. The van der Waals surface area contributed by atoms with Gasteiger partial charge in [-0.3, -0.25) is 0 Å². The van der Waals surface area contributed by atoms with Gasteiger partial charge >= 0.3 is 168 Å². The van der Waals surface area contributed by atoms with Crippen molar-refractivity contribution in [2.45, 2.75) is 33.0 Å². The number of rotatable bonds is 6. The second-order valence-corrected chi connectivity index (χ2v) is 9.28. The van der Waals surface area contributed by atoms with Gasteiger partial charge in [0.2, 0.25) is 0 Å². The van der Waals surface area contributed by atoms with E-state index in [1.54, 1.807) is 30.0 Å². The van der Waals surface area contributed by atoms with Crippen LogP contribution >= 0.6 is 0 Å². The molecule has 0 saturated carbocycles. The Morgan fingerprint density at radius 3 is 2.48 bits per heavy atom. The molecule has 8 nitrogen and oxygen atoms in total. The number of anilines is 2. The number of hydrogen-bond acceptors (Lipinski definition) is 6. The molecule has 0 saturated heterocycles. The van der Waals surface area contributed by atoms with Gasteiger partial charge in [-0.2, -0.15) is 0 Å². The Hall–Kier alpha value is -2.33. The van der Waals surface area contributed by atoms with Crippen molar-refractivity contribution in [1.29, 1.82) is 0 Å². The summed E-state index contributed by atoms with van der Waals surface area (Å²) < 4.78 is 9.82. The zero-order valence-electron chi connectivity index (χ0n) is 15.3. The molecule has 0 spiro atoms. The van der Waals surface area contributed by atoms with E-state index in [2.05, 4.69) is 3.54 Å². The molecular weight excluding hydrogens is 457 g/mol. The van der Waals surface area contributed by atoms with Crippen LogP contribution in [-0.4, -0.2) is 43.4 Å². The number of nitrogens with zero attached hydrogens (tertiary/aromatic N) is 2. The third kappa shape index (κ3) is 6.10. The summed E-state index contributed by atoms with van der Waals surface area (Å²) in [6.07, 6.45) is -0.559. The monoisotopic (exact) mass is 479 g/mol. The molecule has 0 unspecified atom stereocenters. The Morgan fingerprint density at radius 2 is 1.93 bits per heavy atom. The molecule has 2 radical (unpaired) electrons. The van der Waals surface area contributed by atoms with Crippen molar-refractivity contribution in [1.82, 2.24) is 3.54 Å². The van der Waals surface area contributed by atoms with Gasteiger partial charge in [0.15, 0.2) is 0 Å². The fourth-order valence-corrected chi connectivity index (χ4v) is 4.62. The van der Waals surface area contributed by atoms with E-state index < -0.39 is 38.3 Å². The molecule has 0 atom stereocenters. The number of carbonyl (C=O) groups excluding carboxylic acids is 1. The number of para-hydroxylation sites is 1. The number of aliphatic hydroxyl groups excluding tert-OH is 1. The Labute approximate surface area is 168 Å². The van der Waals surface area contributed by atoms with E-state index >= 15 is 0 Å². The molecule has 27 heavy (non-hydrogen) atoms. The normalized spacial score (nSPS) is 11.0. The van der Waals surface area contributed by atoms with E-state index in [0.717, 1.165) is 5.69 Å². The van der Waals surface area contributed by atoms with Crippen LogP contribution in [-0.2, 0) is 11.3 Å². The molecule has 0 aliphatic heterocycles. The first-order valence-corrected chi connectivity index (χ1v) is 10.9. The second-order valence-electron chi connectivity index (χ2n) is 6.65. The van der Waals surface area contributed by atoms with Crippen LogP contribution in [0.5, 0.6) is 0 Å². The number of benzene rings is 2. The average Bonchev–Trinajstić information content (AvgIpc) is 2.61. The predicted molar refractivity (Wildman–Crippen MR) is 103 cm³/mol. The van der Waals surface area contributed by atoms with E-state index in [0.29, 0.717) is 11.3 Å². The Balaban J connectivity index is 2.39. The van der Waals surface area contributed by atoms with Crippen LogP contribution in [0.3, 0.4) is 0 Å². The van der Waals surface area contributed by atoms with Crippen LogP contribution in [0.15, 0.2) is 48.5 Å². The molecule has 2 aromatic rings. The Kier molecular flexibility index (Phi) is 7.03. The van der Waals surface area contributed by atoms with Crippen molar-refractivity contribution >= 4 is 44.8 Å². The molecule has 0 aliphatic rings. The van der Waals surface area contributed by atoms with Gasteiger partial charge in [0.1, 0.15) is 0 Å². The average molecular weight is 478 g/mol. The summed E-state index contributed by atoms with van der Waals surface area (Å²) in [6, 6.07) is 13.5. The van der Waals surface area contributed by atoms with Gasteiger partial charge in [-0.1, -0.05) is 0 Å². The van der Waals surface area contributed by atoms with Gasteiger partial charge < -0.3 is 0 Å². The van der Waals surface area contributed by atoms with Gasteiger partial charge in [-0.05, 0) is 0 Å². The summed E-state index contributed by atoms with van der Waals surface area (Å²) >= 11 is -1.88. The second kappa shape index (κ2) is 9.05. The maximum atomic E-state index is 12.1. The van der Waals surface area contributed by atoms with Crippen LogP contribution in [0.4, 0.5) is 21.9 Å². The number of nitro groups is 1. The van der Waals surface area contributed by atoms with Crippen molar-refractivity contribution < 1.29 is 19.6 Å². The van der Waals surface area contributed by atoms with E-state index in [1.165, 1.54) is 12.1 Å². The molecule has 2 N–H and O–H groups in total. The fraction of sp³-hybridized carbons (Fsp3) is 0.278. The van der Waals surface area contributed by atoms with Crippen LogP contribution in [0.1, 0.15) is 26.3 Å². The number of carbonyl (C=O) groups is 1. The van der Waals surface area contributed by atoms with Crippen LogP contribution in [0.2, 0.25) is 0 Å². The van der Waals surface area contributed by atoms with Crippen molar-refractivity contribution in [3.63, 3.8) is 0 Å². The van der Waals surface area contributed by atoms with Crippen molar-refractivity contribution in [2.24, 2.45) is 0 Å². The predicted octanol–water partition coefficient (Wildman–Crippen LogP) is 3.28. The van der Waals surface area contributed by atoms with Gasteiger partial charge in [-0.15, -0.1) is 0 Å². The molecule has 9 heteroatoms. The van der Waals surface area contributed by atoms with E-state index in [1.807, 2.05) is 30.3 Å². The fourth-order valence-electron chi connectivity index (χ4n) is 2.25. The van der Waals surface area contributed by atoms with Gasteiger partial charge in [0, 0.05) is 0 Å². The van der Waals surface area contributed by atoms with E-state index in [9.17, 15) is 20.0 Å². The summed E-state index contributed by atoms with van der Waals surface area (Å²) in [7, 11) is 0. The van der Waals surface area contributed by atoms with Crippen LogP contribution < -0.4 is 6.66 Å². The summed E-state index contributed by atoms with van der Waals surface area (Å²) in [5, 5.41) is 20.9. The number of ether oxygens (including phenoxy) is 1. The molecular formula is C18H21N3O5Sn. The number of amides is 1. The Morgan fingerprint density at radius 1 is 1.26 bits per heavy atom. The molecule has 142 valence electrons. The van der Waals surface area contributed by atoms with Crippen LogP contribution in [0.25, 0.3) is 0 Å². The first-order valence-electron chi connectivity index (χ1n) is 8.19.